The van der Waals surface area contributed by atoms with Crippen molar-refractivity contribution in [2.45, 2.75) is 116 Å². The van der Waals surface area contributed by atoms with Crippen LogP contribution in [0, 0.1) is 12.7 Å². The van der Waals surface area contributed by atoms with Crippen LogP contribution in [0.15, 0.2) is 47.8 Å². The molecule has 6 rings (SSSR count). The van der Waals surface area contributed by atoms with E-state index in [9.17, 15) is 52.6 Å². The number of imide groups is 1. The lowest BCUT2D eigenvalue weighted by atomic mass is 9.97. The molecule has 0 saturated heterocycles. The van der Waals surface area contributed by atoms with Crippen LogP contribution in [-0.2, 0) is 62.8 Å². The lowest BCUT2D eigenvalue weighted by Gasteiger charge is -2.21. The highest BCUT2D eigenvalue weighted by Crippen LogP contribution is 2.38. The minimum absolute atomic E-state index is 0.0878. The van der Waals surface area contributed by atoms with E-state index in [0.29, 0.717) is 70.4 Å². The van der Waals surface area contributed by atoms with Crippen LogP contribution in [0.5, 0.6) is 0 Å². The molecule has 362 valence electrons. The minimum Gasteiger partial charge on any atom is -0.458 e. The van der Waals surface area contributed by atoms with Crippen molar-refractivity contribution < 1.29 is 52.6 Å². The van der Waals surface area contributed by atoms with Crippen LogP contribution in [0.25, 0.3) is 22.3 Å². The minimum atomic E-state index is -1.62. The van der Waals surface area contributed by atoms with Crippen LogP contribution in [-0.4, -0.2) is 103 Å². The Morgan fingerprint density at radius 3 is 2.28 bits per heavy atom. The molecule has 0 fully saturated rings. The first kappa shape index (κ1) is 50.7. The molecule has 21 heteroatoms. The summed E-state index contributed by atoms with van der Waals surface area (Å²) in [7, 11) is 0. The lowest BCUT2D eigenvalue weighted by molar-refractivity contribution is -0.157. The maximum atomic E-state index is 14.8. The summed E-state index contributed by atoms with van der Waals surface area (Å²) in [5, 5.41) is 24.5. The maximum absolute atomic E-state index is 14.8. The first-order chi connectivity index (χ1) is 32.5. The van der Waals surface area contributed by atoms with Crippen molar-refractivity contribution in [3.63, 3.8) is 0 Å². The third-order valence-electron chi connectivity index (χ3n) is 11.9. The Balaban J connectivity index is 0.869. The summed E-state index contributed by atoms with van der Waals surface area (Å²) in [5.74, 6) is -3.43. The Hall–Kier alpha value is -6.74. The van der Waals surface area contributed by atoms with Crippen LogP contribution in [0.3, 0.4) is 0 Å². The lowest BCUT2D eigenvalue weighted by Crippen LogP contribution is -2.54. The van der Waals surface area contributed by atoms with Gasteiger partial charge in [0.2, 0.25) is 29.5 Å². The molecule has 6 N–H and O–H groups in total. The second-order valence-electron chi connectivity index (χ2n) is 16.8. The number of pyridine rings is 2. The van der Waals surface area contributed by atoms with Gasteiger partial charge in [0.05, 0.1) is 34.9 Å². The standard InChI is InChI=1S/C47H55FN8O11S/c1-5-34(54-44(63)27(4)52-43(62)26(3)51-38(58)13-8-6-10-16-55-39(59)14-15-40(55)60)45(64)50-24-68-17-11-7-9-12-37(57)49-21-30-28-18-25(2)33(48)20-35(28)53-41-31(30)22-56-36(41)19-29-32(46(56)65)23-67-47(66)42(29)61/h5,14-15,18-20,26-27,34,42,61H,1,6-13,16-17,21-24H2,2-4H3,(H,49,57)(H,50,64)(H,51,58)(H,52,62)(H,54,63)/t26-,27+,34-,42-/m0/s1. The quantitative estimate of drug-likeness (QED) is 0.0205. The molecule has 68 heavy (non-hydrogen) atoms. The van der Waals surface area contributed by atoms with Crippen molar-refractivity contribution in [1.29, 1.82) is 0 Å². The first-order valence-electron chi connectivity index (χ1n) is 22.4. The molecule has 3 aliphatic heterocycles. The first-order valence-corrected chi connectivity index (χ1v) is 23.6. The largest absolute Gasteiger partial charge is 0.458 e. The molecule has 0 spiro atoms. The van der Waals surface area contributed by atoms with Gasteiger partial charge in [-0.05, 0) is 75.5 Å². The number of benzene rings is 1. The second-order valence-corrected chi connectivity index (χ2v) is 17.9. The molecule has 2 aromatic heterocycles. The number of thioether (sulfide) groups is 1. The number of halogens is 1. The molecule has 3 aliphatic rings. The second kappa shape index (κ2) is 22.8. The van der Waals surface area contributed by atoms with E-state index in [1.54, 1.807) is 19.1 Å². The maximum Gasteiger partial charge on any atom is 0.340 e. The Labute approximate surface area is 395 Å². The highest BCUT2D eigenvalue weighted by atomic mass is 32.2. The molecule has 1 aromatic carbocycles. The van der Waals surface area contributed by atoms with Crippen LogP contribution >= 0.6 is 11.8 Å². The third kappa shape index (κ3) is 12.0. The summed E-state index contributed by atoms with van der Waals surface area (Å²) in [6.07, 6.45) is 6.13. The number of fused-ring (bicyclic) bond motifs is 5. The average molecular weight is 959 g/mol. The van der Waals surface area contributed by atoms with E-state index in [1.807, 2.05) is 0 Å². The van der Waals surface area contributed by atoms with E-state index in [0.717, 1.165) is 17.7 Å². The number of aliphatic hydroxyl groups is 1. The van der Waals surface area contributed by atoms with Crippen molar-refractivity contribution in [3.8, 4) is 11.4 Å². The number of cyclic esters (lactones) is 1. The van der Waals surface area contributed by atoms with Crippen molar-refractivity contribution in [3.05, 3.63) is 87.0 Å². The fraction of sp³-hybridized carbons (Fsp3) is 0.447. The number of nitrogens with one attached hydrogen (secondary N) is 5. The Morgan fingerprint density at radius 2 is 1.56 bits per heavy atom. The number of amides is 7. The van der Waals surface area contributed by atoms with Gasteiger partial charge in [0.15, 0.2) is 6.10 Å². The van der Waals surface area contributed by atoms with Gasteiger partial charge in [-0.2, -0.15) is 0 Å². The zero-order chi connectivity index (χ0) is 49.2. The van der Waals surface area contributed by atoms with Crippen LogP contribution < -0.4 is 32.1 Å². The van der Waals surface area contributed by atoms with Crippen molar-refractivity contribution in [1.82, 2.24) is 41.0 Å². The van der Waals surface area contributed by atoms with Crippen LogP contribution in [0.2, 0.25) is 0 Å². The topological polar surface area (TPSA) is 264 Å². The monoisotopic (exact) mass is 958 g/mol. The summed E-state index contributed by atoms with van der Waals surface area (Å²) in [6.45, 7) is 8.37. The predicted octanol–water partition coefficient (Wildman–Crippen LogP) is 2.11. The molecule has 0 saturated carbocycles. The molecular weight excluding hydrogens is 904 g/mol. The molecule has 5 heterocycles. The number of rotatable bonds is 23. The predicted molar refractivity (Wildman–Crippen MR) is 247 cm³/mol. The third-order valence-corrected chi connectivity index (χ3v) is 12.8. The van der Waals surface area contributed by atoms with Gasteiger partial charge < -0.3 is 41.0 Å². The van der Waals surface area contributed by atoms with Gasteiger partial charge in [-0.25, -0.2) is 14.2 Å². The van der Waals surface area contributed by atoms with Gasteiger partial charge in [0.1, 0.15) is 30.5 Å². The zero-order valence-electron chi connectivity index (χ0n) is 38.0. The molecular formula is C47H55FN8O11S. The van der Waals surface area contributed by atoms with Crippen molar-refractivity contribution >= 4 is 70.0 Å². The molecule has 0 bridgehead atoms. The average Bonchev–Trinajstić information content (AvgIpc) is 3.84. The highest BCUT2D eigenvalue weighted by Gasteiger charge is 2.35. The fourth-order valence-corrected chi connectivity index (χ4v) is 8.76. The summed E-state index contributed by atoms with van der Waals surface area (Å²) < 4.78 is 21.2. The molecule has 4 atom stereocenters. The fourth-order valence-electron chi connectivity index (χ4n) is 7.96. The summed E-state index contributed by atoms with van der Waals surface area (Å²) in [5.41, 5.74) is 2.70. The Kier molecular flexibility index (Phi) is 17.0. The molecule has 19 nitrogen and oxygen atoms in total. The summed E-state index contributed by atoms with van der Waals surface area (Å²) >= 11 is 1.45. The van der Waals surface area contributed by atoms with Gasteiger partial charge in [0, 0.05) is 60.7 Å². The van der Waals surface area contributed by atoms with E-state index < -0.39 is 59.3 Å². The number of carbonyl (C=O) groups is 8. The zero-order valence-corrected chi connectivity index (χ0v) is 38.9. The molecule has 0 aliphatic carbocycles. The van der Waals surface area contributed by atoms with E-state index >= 15 is 0 Å². The normalized spacial score (nSPS) is 16.0. The Morgan fingerprint density at radius 1 is 0.882 bits per heavy atom. The molecule has 0 unspecified atom stereocenters. The van der Waals surface area contributed by atoms with Gasteiger partial charge in [-0.1, -0.05) is 18.9 Å². The number of aryl methyl sites for hydroxylation is 1. The number of esters is 1. The van der Waals surface area contributed by atoms with E-state index in [-0.39, 0.29) is 79.7 Å². The number of aliphatic hydroxyl groups excluding tert-OH is 1. The number of hydrogen-bond acceptors (Lipinski definition) is 13. The van der Waals surface area contributed by atoms with Gasteiger partial charge >= 0.3 is 5.97 Å². The number of hydrogen-bond donors (Lipinski definition) is 6. The number of nitrogens with zero attached hydrogens (tertiary/aromatic N) is 3. The van der Waals surface area contributed by atoms with Crippen LogP contribution in [0.1, 0.15) is 99.1 Å². The van der Waals surface area contributed by atoms with Gasteiger partial charge in [0.25, 0.3) is 17.4 Å². The number of carbonyl (C=O) groups excluding carboxylic acids is 8. The van der Waals surface area contributed by atoms with E-state index in [1.165, 1.54) is 54.5 Å². The number of ether oxygens (including phenoxy) is 1. The molecule has 3 aromatic rings. The summed E-state index contributed by atoms with van der Waals surface area (Å²) in [4.78, 5) is 118. The SMILES string of the molecule is C=C[C@H](NC(=O)[C@@H](C)NC(=O)[C@H](C)NC(=O)CCCCCN1C(=O)C=CC1=O)C(=O)NCSCCCCCC(=O)NCc1c2c(nc3cc(F)c(C)cc13)-c1cc3c(c(=O)n1C2)COC(=O)[C@H]3O. The van der Waals surface area contributed by atoms with E-state index in [4.69, 9.17) is 9.72 Å². The Bertz CT molecular complexity index is 2620. The smallest absolute Gasteiger partial charge is 0.340 e. The number of aromatic nitrogens is 2. The molecule has 0 radical (unpaired) electrons. The highest BCUT2D eigenvalue weighted by molar-refractivity contribution is 7.99. The van der Waals surface area contributed by atoms with Crippen molar-refractivity contribution in [2.24, 2.45) is 0 Å². The van der Waals surface area contributed by atoms with Crippen molar-refractivity contribution in [2.75, 3.05) is 18.2 Å². The molecule has 7 amide bonds. The van der Waals surface area contributed by atoms with E-state index in [2.05, 4.69) is 33.2 Å². The van der Waals surface area contributed by atoms with Gasteiger partial charge in [-0.3, -0.25) is 43.3 Å². The van der Waals surface area contributed by atoms with Crippen LogP contribution in [0.4, 0.5) is 4.39 Å². The number of unbranched alkanes of at least 4 members (excludes halogenated alkanes) is 4. The summed E-state index contributed by atoms with van der Waals surface area (Å²) in [6, 6.07) is 1.46. The van der Waals surface area contributed by atoms with Gasteiger partial charge in [-0.15, -0.1) is 18.3 Å².